The monoisotopic (exact) mass is 318 g/mol. The molecule has 3 rings (SSSR count). The summed E-state index contributed by atoms with van der Waals surface area (Å²) in [5.74, 6) is 0.991. The SMILES string of the molecule is CCc1cccc(NC(=O)N2CCSC2c2cccs2)c1. The van der Waals surface area contributed by atoms with Gasteiger partial charge >= 0.3 is 6.03 Å². The first-order valence-corrected chi connectivity index (χ1v) is 9.02. The number of hydrogen-bond acceptors (Lipinski definition) is 3. The van der Waals surface area contributed by atoms with Crippen LogP contribution >= 0.6 is 23.1 Å². The summed E-state index contributed by atoms with van der Waals surface area (Å²) < 4.78 is 0. The number of benzene rings is 1. The number of urea groups is 1. The van der Waals surface area contributed by atoms with Crippen LogP contribution in [0.25, 0.3) is 0 Å². The number of carbonyl (C=O) groups is 1. The number of anilines is 1. The highest BCUT2D eigenvalue weighted by Gasteiger charge is 2.31. The number of rotatable bonds is 3. The molecule has 1 unspecified atom stereocenters. The first-order chi connectivity index (χ1) is 10.3. The summed E-state index contributed by atoms with van der Waals surface area (Å²) in [6, 6.07) is 12.2. The lowest BCUT2D eigenvalue weighted by Crippen LogP contribution is -2.34. The van der Waals surface area contributed by atoms with Gasteiger partial charge in [-0.05, 0) is 35.6 Å². The number of carbonyl (C=O) groups excluding carboxylic acids is 1. The van der Waals surface area contributed by atoms with Gasteiger partial charge in [-0.3, -0.25) is 0 Å². The van der Waals surface area contributed by atoms with Crippen molar-refractivity contribution in [3.05, 3.63) is 52.2 Å². The molecule has 2 aromatic rings. The molecule has 3 nitrogen and oxygen atoms in total. The first-order valence-electron chi connectivity index (χ1n) is 7.09. The largest absolute Gasteiger partial charge is 0.323 e. The Morgan fingerprint density at radius 3 is 3.05 bits per heavy atom. The van der Waals surface area contributed by atoms with Crippen LogP contribution in [0.15, 0.2) is 41.8 Å². The van der Waals surface area contributed by atoms with Crippen molar-refractivity contribution in [1.82, 2.24) is 4.90 Å². The molecule has 0 bridgehead atoms. The summed E-state index contributed by atoms with van der Waals surface area (Å²) in [7, 11) is 0. The van der Waals surface area contributed by atoms with Gasteiger partial charge in [-0.1, -0.05) is 25.1 Å². The Morgan fingerprint density at radius 1 is 1.38 bits per heavy atom. The van der Waals surface area contributed by atoms with Crippen molar-refractivity contribution in [1.29, 1.82) is 0 Å². The van der Waals surface area contributed by atoms with E-state index in [-0.39, 0.29) is 11.4 Å². The van der Waals surface area contributed by atoms with Gasteiger partial charge < -0.3 is 10.2 Å². The number of thiophene rings is 1. The molecule has 1 fully saturated rings. The minimum atomic E-state index is -0.00773. The van der Waals surface area contributed by atoms with Crippen LogP contribution in [0, 0.1) is 0 Å². The fourth-order valence-electron chi connectivity index (χ4n) is 2.41. The van der Waals surface area contributed by atoms with Gasteiger partial charge in [0, 0.05) is 22.9 Å². The summed E-state index contributed by atoms with van der Waals surface area (Å²) in [5, 5.41) is 5.25. The molecule has 2 heterocycles. The number of hydrogen-bond donors (Lipinski definition) is 1. The van der Waals surface area contributed by atoms with Gasteiger partial charge in [0.2, 0.25) is 0 Å². The van der Waals surface area contributed by atoms with Gasteiger partial charge in [-0.15, -0.1) is 23.1 Å². The van der Waals surface area contributed by atoms with Crippen LogP contribution < -0.4 is 5.32 Å². The molecule has 0 radical (unpaired) electrons. The van der Waals surface area contributed by atoms with Crippen molar-refractivity contribution in [3.63, 3.8) is 0 Å². The summed E-state index contributed by atoms with van der Waals surface area (Å²) in [4.78, 5) is 15.7. The van der Waals surface area contributed by atoms with Crippen LogP contribution in [0.5, 0.6) is 0 Å². The smallest absolute Gasteiger partial charge is 0.308 e. The van der Waals surface area contributed by atoms with E-state index < -0.39 is 0 Å². The minimum absolute atomic E-state index is 0.00773. The normalized spacial score (nSPS) is 18.0. The number of amides is 2. The lowest BCUT2D eigenvalue weighted by Gasteiger charge is -2.23. The van der Waals surface area contributed by atoms with E-state index in [1.807, 2.05) is 40.9 Å². The van der Waals surface area contributed by atoms with Crippen molar-refractivity contribution in [2.45, 2.75) is 18.7 Å². The van der Waals surface area contributed by atoms with Crippen molar-refractivity contribution < 1.29 is 4.79 Å². The van der Waals surface area contributed by atoms with Crippen LogP contribution in [0.2, 0.25) is 0 Å². The fourth-order valence-corrected chi connectivity index (χ4v) is 4.64. The Morgan fingerprint density at radius 2 is 2.29 bits per heavy atom. The molecule has 1 aromatic carbocycles. The maximum absolute atomic E-state index is 12.5. The Labute approximate surface area is 133 Å². The molecule has 1 saturated heterocycles. The quantitative estimate of drug-likeness (QED) is 0.897. The van der Waals surface area contributed by atoms with Crippen molar-refractivity contribution in [3.8, 4) is 0 Å². The van der Waals surface area contributed by atoms with Gasteiger partial charge in [0.1, 0.15) is 5.37 Å². The Kier molecular flexibility index (Phi) is 4.51. The maximum Gasteiger partial charge on any atom is 0.323 e. The third-order valence-electron chi connectivity index (χ3n) is 3.52. The van der Waals surface area contributed by atoms with Crippen LogP contribution in [0.3, 0.4) is 0 Å². The molecule has 1 atom stereocenters. The summed E-state index contributed by atoms with van der Waals surface area (Å²) in [6.07, 6.45) is 0.973. The number of aryl methyl sites for hydroxylation is 1. The second-order valence-electron chi connectivity index (χ2n) is 4.92. The molecule has 0 aliphatic carbocycles. The zero-order valence-electron chi connectivity index (χ0n) is 11.9. The topological polar surface area (TPSA) is 32.3 Å². The number of nitrogens with zero attached hydrogens (tertiary/aromatic N) is 1. The molecular weight excluding hydrogens is 300 g/mol. The zero-order valence-corrected chi connectivity index (χ0v) is 13.5. The molecule has 1 N–H and O–H groups in total. The average molecular weight is 318 g/mol. The third-order valence-corrected chi connectivity index (χ3v) is 5.84. The highest BCUT2D eigenvalue weighted by molar-refractivity contribution is 7.99. The molecule has 1 aromatic heterocycles. The molecule has 1 aliphatic rings. The minimum Gasteiger partial charge on any atom is -0.308 e. The highest BCUT2D eigenvalue weighted by Crippen LogP contribution is 2.40. The number of nitrogens with one attached hydrogen (secondary N) is 1. The Bertz CT molecular complexity index is 612. The van der Waals surface area contributed by atoms with Crippen LogP contribution in [-0.2, 0) is 6.42 Å². The molecule has 0 saturated carbocycles. The molecule has 0 spiro atoms. The molecule has 2 amide bonds. The predicted molar refractivity (Wildman–Crippen MR) is 91.1 cm³/mol. The van der Waals surface area contributed by atoms with E-state index >= 15 is 0 Å². The van der Waals surface area contributed by atoms with Crippen LogP contribution in [-0.4, -0.2) is 23.2 Å². The van der Waals surface area contributed by atoms with E-state index in [0.29, 0.717) is 0 Å². The van der Waals surface area contributed by atoms with Crippen LogP contribution in [0.1, 0.15) is 22.7 Å². The van der Waals surface area contributed by atoms with Gasteiger partial charge in [-0.25, -0.2) is 4.79 Å². The fraction of sp³-hybridized carbons (Fsp3) is 0.312. The van der Waals surface area contributed by atoms with Crippen molar-refractivity contribution in [2.24, 2.45) is 0 Å². The molecule has 5 heteroatoms. The second kappa shape index (κ2) is 6.54. The van der Waals surface area contributed by atoms with Crippen molar-refractivity contribution in [2.75, 3.05) is 17.6 Å². The summed E-state index contributed by atoms with van der Waals surface area (Å²) in [5.41, 5.74) is 2.11. The third kappa shape index (κ3) is 3.24. The predicted octanol–water partition coefficient (Wildman–Crippen LogP) is 4.59. The average Bonchev–Trinajstić information content (AvgIpc) is 3.18. The van der Waals surface area contributed by atoms with E-state index in [0.717, 1.165) is 24.4 Å². The van der Waals surface area contributed by atoms with E-state index in [1.54, 1.807) is 11.3 Å². The van der Waals surface area contributed by atoms with Crippen molar-refractivity contribution >= 4 is 34.8 Å². The van der Waals surface area contributed by atoms with E-state index in [1.165, 1.54) is 10.4 Å². The number of thioether (sulfide) groups is 1. The maximum atomic E-state index is 12.5. The lowest BCUT2D eigenvalue weighted by molar-refractivity contribution is 0.215. The van der Waals surface area contributed by atoms with E-state index in [9.17, 15) is 4.79 Å². The van der Waals surface area contributed by atoms with Gasteiger partial charge in [0.25, 0.3) is 0 Å². The van der Waals surface area contributed by atoms with Gasteiger partial charge in [0.05, 0.1) is 0 Å². The molecule has 1 aliphatic heterocycles. The summed E-state index contributed by atoms with van der Waals surface area (Å²) in [6.45, 7) is 2.91. The van der Waals surface area contributed by atoms with E-state index in [4.69, 9.17) is 0 Å². The molecule has 110 valence electrons. The standard InChI is InChI=1S/C16H18N2OS2/c1-2-12-5-3-6-13(11-12)17-16(19)18-8-10-21-15(18)14-7-4-9-20-14/h3-7,9,11,15H,2,8,10H2,1H3,(H,17,19). The second-order valence-corrected chi connectivity index (χ2v) is 7.08. The molecule has 21 heavy (non-hydrogen) atoms. The van der Waals surface area contributed by atoms with Gasteiger partial charge in [0.15, 0.2) is 0 Å². The Hall–Kier alpha value is -1.46. The van der Waals surface area contributed by atoms with E-state index in [2.05, 4.69) is 29.8 Å². The highest BCUT2D eigenvalue weighted by atomic mass is 32.2. The first kappa shape index (κ1) is 14.5. The van der Waals surface area contributed by atoms with Crippen LogP contribution in [0.4, 0.5) is 10.5 Å². The van der Waals surface area contributed by atoms with Gasteiger partial charge in [-0.2, -0.15) is 0 Å². The Balaban J connectivity index is 1.72. The summed E-state index contributed by atoms with van der Waals surface area (Å²) >= 11 is 3.54. The zero-order chi connectivity index (χ0) is 14.7. The molecular formula is C16H18N2OS2. The lowest BCUT2D eigenvalue weighted by atomic mass is 10.1.